The van der Waals surface area contributed by atoms with Gasteiger partial charge in [-0.2, -0.15) is 0 Å². The lowest BCUT2D eigenvalue weighted by molar-refractivity contribution is -0.162. The van der Waals surface area contributed by atoms with Crippen LogP contribution in [-0.2, 0) is 20.7 Å². The van der Waals surface area contributed by atoms with Gasteiger partial charge in [0.2, 0.25) is 5.75 Å². The van der Waals surface area contributed by atoms with Crippen molar-refractivity contribution in [1.29, 1.82) is 0 Å². The van der Waals surface area contributed by atoms with Crippen molar-refractivity contribution in [2.24, 2.45) is 11.8 Å². The lowest BCUT2D eigenvalue weighted by Crippen LogP contribution is -2.66. The molecule has 5 unspecified atom stereocenters. The quantitative estimate of drug-likeness (QED) is 0.402. The van der Waals surface area contributed by atoms with E-state index in [9.17, 15) is 14.4 Å². The van der Waals surface area contributed by atoms with Gasteiger partial charge in [-0.25, -0.2) is 0 Å². The van der Waals surface area contributed by atoms with Crippen molar-refractivity contribution in [2.75, 3.05) is 35.5 Å². The van der Waals surface area contributed by atoms with E-state index in [1.165, 1.54) is 38.4 Å². The number of ketones is 2. The van der Waals surface area contributed by atoms with Crippen LogP contribution >= 0.6 is 0 Å². The van der Waals surface area contributed by atoms with Crippen molar-refractivity contribution in [2.45, 2.75) is 43.9 Å². The zero-order valence-electron chi connectivity index (χ0n) is 22.3. The maximum absolute atomic E-state index is 13.9. The van der Waals surface area contributed by atoms with E-state index in [2.05, 4.69) is 0 Å². The minimum atomic E-state index is -0.723. The number of benzene rings is 2. The standard InChI is InChI=1S/C29H33NO8/c1-34-17-10-9-15-11-19-24(27(37-4)18(15)14-17)20-7-6-8-21(26(19)32)30(20)29(33)25(31)16-12-22(35-2)28(38-5)23(13-16)36-3/h9-10,12-14,19-21,24,27H,6-8,11H2,1-5H3. The first-order chi connectivity index (χ1) is 18.4. The van der Waals surface area contributed by atoms with Crippen molar-refractivity contribution in [1.82, 2.24) is 4.90 Å². The number of carbonyl (C=O) groups excluding carboxylic acids is 3. The molecule has 2 aromatic rings. The molecule has 9 nitrogen and oxygen atoms in total. The van der Waals surface area contributed by atoms with Crippen LogP contribution < -0.4 is 18.9 Å². The predicted octanol–water partition coefficient (Wildman–Crippen LogP) is 3.41. The van der Waals surface area contributed by atoms with Gasteiger partial charge in [0, 0.05) is 30.6 Å². The number of carbonyl (C=O) groups is 3. The van der Waals surface area contributed by atoms with Gasteiger partial charge in [-0.1, -0.05) is 6.07 Å². The number of Topliss-reactive ketones (excluding diaryl/α,β-unsaturated/α-hetero) is 2. The van der Waals surface area contributed by atoms with Gasteiger partial charge in [-0.3, -0.25) is 14.4 Å². The third-order valence-electron chi connectivity index (χ3n) is 8.33. The average molecular weight is 524 g/mol. The average Bonchev–Trinajstić information content (AvgIpc) is 2.96. The van der Waals surface area contributed by atoms with Crippen LogP contribution in [0.25, 0.3) is 0 Å². The summed E-state index contributed by atoms with van der Waals surface area (Å²) >= 11 is 0. The third kappa shape index (κ3) is 4.00. The lowest BCUT2D eigenvalue weighted by Gasteiger charge is -2.55. The zero-order valence-corrected chi connectivity index (χ0v) is 22.3. The molecule has 2 bridgehead atoms. The highest BCUT2D eigenvalue weighted by molar-refractivity contribution is 6.43. The minimum Gasteiger partial charge on any atom is -0.497 e. The highest BCUT2D eigenvalue weighted by Crippen LogP contribution is 2.51. The summed E-state index contributed by atoms with van der Waals surface area (Å²) in [5, 5.41) is 0. The molecule has 0 saturated carbocycles. The Morgan fingerprint density at radius 3 is 2.21 bits per heavy atom. The number of nitrogens with zero attached hydrogens (tertiary/aromatic N) is 1. The van der Waals surface area contributed by atoms with Gasteiger partial charge in [-0.15, -0.1) is 0 Å². The second kappa shape index (κ2) is 10.3. The van der Waals surface area contributed by atoms with Gasteiger partial charge >= 0.3 is 0 Å². The minimum absolute atomic E-state index is 0.000472. The van der Waals surface area contributed by atoms with Gasteiger partial charge in [0.1, 0.15) is 5.75 Å². The predicted molar refractivity (Wildman–Crippen MR) is 137 cm³/mol. The fourth-order valence-electron chi connectivity index (χ4n) is 6.67. The van der Waals surface area contributed by atoms with E-state index in [0.717, 1.165) is 17.5 Å². The molecule has 2 saturated heterocycles. The number of fused-ring (bicyclic) bond motifs is 5. The first kappa shape index (κ1) is 26.0. The summed E-state index contributed by atoms with van der Waals surface area (Å²) in [6.45, 7) is 0. The van der Waals surface area contributed by atoms with Gasteiger partial charge < -0.3 is 28.6 Å². The number of ether oxygens (including phenoxy) is 5. The Hall–Kier alpha value is -3.59. The van der Waals surface area contributed by atoms with Gasteiger partial charge in [0.25, 0.3) is 11.7 Å². The lowest BCUT2D eigenvalue weighted by atomic mass is 9.62. The molecule has 0 radical (unpaired) electrons. The highest BCUT2D eigenvalue weighted by Gasteiger charge is 2.57. The molecule has 38 heavy (non-hydrogen) atoms. The summed E-state index contributed by atoms with van der Waals surface area (Å²) in [6.07, 6.45) is 2.21. The van der Waals surface area contributed by atoms with Gasteiger partial charge in [0.15, 0.2) is 17.3 Å². The van der Waals surface area contributed by atoms with Crippen LogP contribution in [-0.4, -0.2) is 70.0 Å². The molecular formula is C29H33NO8. The largest absolute Gasteiger partial charge is 0.497 e. The number of amides is 1. The van der Waals surface area contributed by atoms with E-state index >= 15 is 0 Å². The van der Waals surface area contributed by atoms with E-state index in [1.807, 2.05) is 18.2 Å². The summed E-state index contributed by atoms with van der Waals surface area (Å²) in [5.74, 6) is -0.390. The van der Waals surface area contributed by atoms with Gasteiger partial charge in [0.05, 0.1) is 40.6 Å². The van der Waals surface area contributed by atoms with Crippen LogP contribution in [0.4, 0.5) is 0 Å². The topological polar surface area (TPSA) is 101 Å². The highest BCUT2D eigenvalue weighted by atomic mass is 16.5. The van der Waals surface area contributed by atoms with E-state index in [4.69, 9.17) is 23.7 Å². The number of piperidine rings is 2. The molecule has 2 fully saturated rings. The first-order valence-electron chi connectivity index (χ1n) is 12.8. The van der Waals surface area contributed by atoms with Gasteiger partial charge in [-0.05, 0) is 61.1 Å². The normalized spacial score (nSPS) is 25.7. The molecule has 5 atom stereocenters. The molecule has 0 aromatic heterocycles. The number of rotatable bonds is 7. The fourth-order valence-corrected chi connectivity index (χ4v) is 6.67. The molecule has 1 amide bonds. The van der Waals surface area contributed by atoms with Crippen molar-refractivity contribution in [3.63, 3.8) is 0 Å². The third-order valence-corrected chi connectivity index (χ3v) is 8.33. The molecule has 0 spiro atoms. The molecule has 0 N–H and O–H groups in total. The molecular weight excluding hydrogens is 490 g/mol. The first-order valence-corrected chi connectivity index (χ1v) is 12.8. The van der Waals surface area contributed by atoms with Crippen LogP contribution in [0.2, 0.25) is 0 Å². The molecule has 3 aliphatic rings. The van der Waals surface area contributed by atoms with Crippen LogP contribution in [0, 0.1) is 11.8 Å². The fraction of sp³-hybridized carbons (Fsp3) is 0.483. The second-order valence-electron chi connectivity index (χ2n) is 9.98. The SMILES string of the molecule is COc1ccc2c(c1)C(OC)C1C(C2)C(=O)C2CCCC1N2C(=O)C(=O)c1cc(OC)c(OC)c(OC)c1. The van der Waals surface area contributed by atoms with Crippen molar-refractivity contribution < 1.29 is 38.1 Å². The number of hydrogen-bond donors (Lipinski definition) is 0. The Morgan fingerprint density at radius 2 is 1.61 bits per heavy atom. The summed E-state index contributed by atoms with van der Waals surface area (Å²) in [5.41, 5.74) is 2.13. The summed E-state index contributed by atoms with van der Waals surface area (Å²) in [4.78, 5) is 42.9. The maximum Gasteiger partial charge on any atom is 0.295 e. The molecule has 2 aromatic carbocycles. The van der Waals surface area contributed by atoms with Crippen LogP contribution in [0.1, 0.15) is 46.9 Å². The van der Waals surface area contributed by atoms with Crippen molar-refractivity contribution in [3.05, 3.63) is 47.0 Å². The molecule has 202 valence electrons. The molecule has 2 heterocycles. The van der Waals surface area contributed by atoms with Crippen molar-refractivity contribution in [3.8, 4) is 23.0 Å². The van der Waals surface area contributed by atoms with Crippen LogP contribution in [0.3, 0.4) is 0 Å². The number of hydrogen-bond acceptors (Lipinski definition) is 8. The maximum atomic E-state index is 13.9. The molecule has 5 rings (SSSR count). The summed E-state index contributed by atoms with van der Waals surface area (Å²) in [6, 6.07) is 7.83. The molecule has 1 aliphatic carbocycles. The smallest absolute Gasteiger partial charge is 0.295 e. The van der Waals surface area contributed by atoms with Crippen LogP contribution in [0.15, 0.2) is 30.3 Å². The van der Waals surface area contributed by atoms with Crippen molar-refractivity contribution >= 4 is 17.5 Å². The monoisotopic (exact) mass is 523 g/mol. The van der Waals surface area contributed by atoms with E-state index in [1.54, 1.807) is 14.2 Å². The Kier molecular flexibility index (Phi) is 7.05. The summed E-state index contributed by atoms with van der Waals surface area (Å²) < 4.78 is 27.6. The Bertz CT molecular complexity index is 1250. The summed E-state index contributed by atoms with van der Waals surface area (Å²) in [7, 11) is 7.60. The van der Waals surface area contributed by atoms with E-state index in [0.29, 0.717) is 30.8 Å². The second-order valence-corrected chi connectivity index (χ2v) is 9.98. The molecule has 9 heteroatoms. The van der Waals surface area contributed by atoms with E-state index in [-0.39, 0.29) is 40.7 Å². The number of methoxy groups -OCH3 is 5. The zero-order chi connectivity index (χ0) is 27.1. The molecule has 2 aliphatic heterocycles. The van der Waals surface area contributed by atoms with Crippen LogP contribution in [0.5, 0.6) is 23.0 Å². The Labute approximate surface area is 221 Å². The Balaban J connectivity index is 1.53. The van der Waals surface area contributed by atoms with E-state index < -0.39 is 23.8 Å². The Morgan fingerprint density at radius 1 is 0.895 bits per heavy atom.